The molecule has 2 rings (SSSR count). The third-order valence-electron chi connectivity index (χ3n) is 2.74. The minimum atomic E-state index is -0.466. The predicted molar refractivity (Wildman–Crippen MR) is 80.8 cm³/mol. The minimum Gasteiger partial charge on any atom is -0.409 e. The summed E-state index contributed by atoms with van der Waals surface area (Å²) in [4.78, 5) is 5.90. The Hall–Kier alpha value is -1.67. The van der Waals surface area contributed by atoms with Gasteiger partial charge in [0.1, 0.15) is 0 Å². The second-order valence-electron chi connectivity index (χ2n) is 4.08. The Bertz CT molecular complexity index is 633. The molecule has 3 N–H and O–H groups in total. The molecule has 0 bridgehead atoms. The first-order chi connectivity index (χ1) is 9.54. The number of aromatic nitrogens is 1. The average Bonchev–Trinajstić information content (AvgIpc) is 2.93. The van der Waals surface area contributed by atoms with Crippen LogP contribution < -0.4 is 10.6 Å². The smallest absolute Gasteiger partial charge is 0.171 e. The third kappa shape index (κ3) is 2.91. The van der Waals surface area contributed by atoms with Crippen LogP contribution in [0.1, 0.15) is 11.3 Å². The molecule has 5 nitrogen and oxygen atoms in total. The van der Waals surface area contributed by atoms with Gasteiger partial charge in [-0.15, -0.1) is 11.3 Å². The van der Waals surface area contributed by atoms with E-state index >= 15 is 0 Å². The van der Waals surface area contributed by atoms with Crippen LogP contribution in [0.4, 0.5) is 10.1 Å². The molecule has 1 aromatic carbocycles. The van der Waals surface area contributed by atoms with E-state index in [9.17, 15) is 4.39 Å². The zero-order chi connectivity index (χ0) is 14.7. The van der Waals surface area contributed by atoms with E-state index in [0.29, 0.717) is 17.8 Å². The van der Waals surface area contributed by atoms with Crippen LogP contribution in [0.5, 0.6) is 0 Å². The highest BCUT2D eigenvalue weighted by Gasteiger charge is 2.17. The van der Waals surface area contributed by atoms with Gasteiger partial charge in [-0.2, -0.15) is 0 Å². The summed E-state index contributed by atoms with van der Waals surface area (Å²) in [6.07, 6.45) is 0. The van der Waals surface area contributed by atoms with E-state index in [0.717, 1.165) is 5.69 Å². The van der Waals surface area contributed by atoms with E-state index in [-0.39, 0.29) is 10.3 Å². The van der Waals surface area contributed by atoms with Crippen molar-refractivity contribution in [1.82, 2.24) is 4.98 Å². The van der Waals surface area contributed by atoms with Crippen molar-refractivity contribution in [1.29, 1.82) is 0 Å². The van der Waals surface area contributed by atoms with Crippen molar-refractivity contribution in [2.75, 3.05) is 11.9 Å². The number of hydrogen-bond acceptors (Lipinski definition) is 5. The van der Waals surface area contributed by atoms with Crippen LogP contribution in [0.3, 0.4) is 0 Å². The lowest BCUT2D eigenvalue weighted by molar-refractivity contribution is 0.318. The Balaban J connectivity index is 2.31. The van der Waals surface area contributed by atoms with Gasteiger partial charge < -0.3 is 15.8 Å². The van der Waals surface area contributed by atoms with Gasteiger partial charge in [-0.05, 0) is 28.1 Å². The number of hydrogen-bond donors (Lipinski definition) is 2. The Labute approximate surface area is 127 Å². The van der Waals surface area contributed by atoms with Crippen LogP contribution in [0.15, 0.2) is 32.7 Å². The number of nitrogens with two attached hydrogens (primary N) is 1. The monoisotopic (exact) mass is 358 g/mol. The van der Waals surface area contributed by atoms with Crippen molar-refractivity contribution >= 4 is 38.8 Å². The summed E-state index contributed by atoms with van der Waals surface area (Å²) < 4.78 is 14.5. The quantitative estimate of drug-likeness (QED) is 0.381. The Morgan fingerprint density at radius 1 is 1.60 bits per heavy atom. The summed E-state index contributed by atoms with van der Waals surface area (Å²) in [5, 5.41) is 13.4. The van der Waals surface area contributed by atoms with Gasteiger partial charge in [0.05, 0.1) is 27.9 Å². The minimum absolute atomic E-state index is 0.149. The van der Waals surface area contributed by atoms with Crippen molar-refractivity contribution < 1.29 is 9.60 Å². The summed E-state index contributed by atoms with van der Waals surface area (Å²) in [5.74, 6) is -0.615. The lowest BCUT2D eigenvalue weighted by Crippen LogP contribution is -2.20. The number of rotatable bonds is 4. The molecule has 0 fully saturated rings. The first kappa shape index (κ1) is 14.7. The molecule has 0 saturated heterocycles. The van der Waals surface area contributed by atoms with Crippen LogP contribution in [-0.4, -0.2) is 23.1 Å². The van der Waals surface area contributed by atoms with E-state index in [1.54, 1.807) is 29.6 Å². The third-order valence-corrected chi connectivity index (χ3v) is 4.15. The lowest BCUT2D eigenvalue weighted by atomic mass is 10.1. The first-order valence-electron chi connectivity index (χ1n) is 5.58. The molecule has 0 amide bonds. The van der Waals surface area contributed by atoms with Gasteiger partial charge in [-0.25, -0.2) is 9.37 Å². The largest absolute Gasteiger partial charge is 0.409 e. The van der Waals surface area contributed by atoms with Crippen molar-refractivity contribution in [2.45, 2.75) is 6.54 Å². The number of thiazole rings is 1. The van der Waals surface area contributed by atoms with E-state index in [2.05, 4.69) is 26.1 Å². The molecule has 2 aromatic rings. The predicted octanol–water partition coefficient (Wildman–Crippen LogP) is 2.78. The van der Waals surface area contributed by atoms with Gasteiger partial charge >= 0.3 is 0 Å². The molecule has 8 heteroatoms. The van der Waals surface area contributed by atoms with Crippen LogP contribution in [-0.2, 0) is 6.54 Å². The SMILES string of the molecule is CN(Cc1cscn1)c1ccc(/C(N)=N/O)c(Br)c1F. The van der Waals surface area contributed by atoms with Gasteiger partial charge in [-0.1, -0.05) is 5.16 Å². The zero-order valence-corrected chi connectivity index (χ0v) is 12.9. The van der Waals surface area contributed by atoms with Crippen molar-refractivity contribution in [3.05, 3.63) is 44.6 Å². The number of benzene rings is 1. The van der Waals surface area contributed by atoms with Crippen LogP contribution in [0.2, 0.25) is 0 Å². The van der Waals surface area contributed by atoms with Gasteiger partial charge in [0.2, 0.25) is 0 Å². The maximum atomic E-state index is 14.3. The summed E-state index contributed by atoms with van der Waals surface area (Å²) in [6, 6.07) is 3.18. The number of anilines is 1. The zero-order valence-electron chi connectivity index (χ0n) is 10.5. The molecule has 20 heavy (non-hydrogen) atoms. The molecule has 1 heterocycles. The fourth-order valence-electron chi connectivity index (χ4n) is 1.73. The topological polar surface area (TPSA) is 74.7 Å². The Morgan fingerprint density at radius 2 is 2.35 bits per heavy atom. The van der Waals surface area contributed by atoms with Crippen LogP contribution >= 0.6 is 27.3 Å². The second-order valence-corrected chi connectivity index (χ2v) is 5.59. The number of nitrogens with zero attached hydrogens (tertiary/aromatic N) is 3. The average molecular weight is 359 g/mol. The highest BCUT2D eigenvalue weighted by molar-refractivity contribution is 9.10. The van der Waals surface area contributed by atoms with Crippen LogP contribution in [0.25, 0.3) is 0 Å². The molecule has 0 aliphatic rings. The van der Waals surface area contributed by atoms with E-state index in [1.165, 1.54) is 11.3 Å². The molecule has 0 spiro atoms. The Kier molecular flexibility index (Phi) is 4.56. The van der Waals surface area contributed by atoms with E-state index < -0.39 is 5.82 Å². The number of halogens is 2. The van der Waals surface area contributed by atoms with Crippen molar-refractivity contribution in [3.63, 3.8) is 0 Å². The highest BCUT2D eigenvalue weighted by Crippen LogP contribution is 2.29. The molecule has 0 aliphatic carbocycles. The van der Waals surface area contributed by atoms with E-state index in [4.69, 9.17) is 10.9 Å². The number of oxime groups is 1. The van der Waals surface area contributed by atoms with Crippen molar-refractivity contribution in [2.24, 2.45) is 10.9 Å². The standard InChI is InChI=1S/C12H12BrFN4OS/c1-18(4-7-5-20-6-16-7)9-3-2-8(12(15)17-19)10(13)11(9)14/h2-3,5-6,19H,4H2,1H3,(H2,15,17). The normalized spacial score (nSPS) is 11.7. The van der Waals surface area contributed by atoms with Crippen LogP contribution in [0, 0.1) is 5.82 Å². The van der Waals surface area contributed by atoms with Gasteiger partial charge in [0.15, 0.2) is 11.7 Å². The molecule has 106 valence electrons. The lowest BCUT2D eigenvalue weighted by Gasteiger charge is -2.20. The maximum absolute atomic E-state index is 14.3. The second kappa shape index (κ2) is 6.19. The molecule has 0 radical (unpaired) electrons. The molecule has 0 unspecified atom stereocenters. The molecular formula is C12H12BrFN4OS. The van der Waals surface area contributed by atoms with Crippen molar-refractivity contribution in [3.8, 4) is 0 Å². The number of amidine groups is 1. The maximum Gasteiger partial charge on any atom is 0.171 e. The van der Waals surface area contributed by atoms with Gasteiger partial charge in [-0.3, -0.25) is 0 Å². The molecule has 0 aliphatic heterocycles. The van der Waals surface area contributed by atoms with Gasteiger partial charge in [0.25, 0.3) is 0 Å². The summed E-state index contributed by atoms with van der Waals surface area (Å²) in [7, 11) is 1.77. The summed E-state index contributed by atoms with van der Waals surface area (Å²) in [6.45, 7) is 0.496. The fraction of sp³-hybridized carbons (Fsp3) is 0.167. The summed E-state index contributed by atoms with van der Waals surface area (Å²) in [5.41, 5.74) is 8.79. The molecule has 1 aromatic heterocycles. The van der Waals surface area contributed by atoms with E-state index in [1.807, 2.05) is 5.38 Å². The Morgan fingerprint density at radius 3 is 2.95 bits per heavy atom. The van der Waals surface area contributed by atoms with Gasteiger partial charge in [0, 0.05) is 18.0 Å². The molecule has 0 saturated carbocycles. The molecule has 0 atom stereocenters. The fourth-order valence-corrected chi connectivity index (χ4v) is 2.82. The molecular weight excluding hydrogens is 347 g/mol. The highest BCUT2D eigenvalue weighted by atomic mass is 79.9. The first-order valence-corrected chi connectivity index (χ1v) is 7.32. The summed E-state index contributed by atoms with van der Waals surface area (Å²) >= 11 is 4.62.